The number of hydrogen-bond donors (Lipinski definition) is 2. The maximum atomic E-state index is 5.52. The summed E-state index contributed by atoms with van der Waals surface area (Å²) < 4.78 is 5.52. The number of nitrogen functional groups attached to an aromatic ring is 1. The van der Waals surface area contributed by atoms with Crippen molar-refractivity contribution in [2.75, 3.05) is 16.9 Å². The lowest BCUT2D eigenvalue weighted by molar-refractivity contribution is 0.291. The second-order valence-corrected chi connectivity index (χ2v) is 5.13. The molecule has 2 rings (SSSR count). The highest BCUT2D eigenvalue weighted by molar-refractivity contribution is 5.41. The minimum absolute atomic E-state index is 0.332. The molecule has 7 heteroatoms. The average Bonchev–Trinajstić information content (AvgIpc) is 2.85. The Kier molecular flexibility index (Phi) is 4.94. The van der Waals surface area contributed by atoms with Crippen LogP contribution in [-0.4, -0.2) is 33.6 Å². The Labute approximate surface area is 119 Å². The molecule has 0 amide bonds. The molecule has 2 heterocycles. The van der Waals surface area contributed by atoms with Gasteiger partial charge >= 0.3 is 6.01 Å². The first-order chi connectivity index (χ1) is 9.69. The van der Waals surface area contributed by atoms with Crippen molar-refractivity contribution < 1.29 is 4.74 Å². The van der Waals surface area contributed by atoms with Crippen molar-refractivity contribution in [2.24, 2.45) is 5.84 Å². The number of nitrogens with one attached hydrogen (secondary N) is 1. The number of nitrogens with two attached hydrogens (primary N) is 1. The normalized spacial score (nSPS) is 22.1. The van der Waals surface area contributed by atoms with Crippen molar-refractivity contribution in [3.05, 3.63) is 0 Å². The topological polar surface area (TPSA) is 89.2 Å². The predicted octanol–water partition coefficient (Wildman–Crippen LogP) is 1.71. The third-order valence-electron chi connectivity index (χ3n) is 3.66. The molecule has 0 radical (unpaired) electrons. The van der Waals surface area contributed by atoms with Crippen LogP contribution in [0.4, 0.5) is 11.9 Å². The molecule has 0 bridgehead atoms. The molecular formula is C13H24N6O. The van der Waals surface area contributed by atoms with Gasteiger partial charge in [-0.1, -0.05) is 13.8 Å². The van der Waals surface area contributed by atoms with Gasteiger partial charge < -0.3 is 9.64 Å². The van der Waals surface area contributed by atoms with E-state index in [0.29, 0.717) is 36.6 Å². The molecule has 1 aromatic heterocycles. The smallest absolute Gasteiger partial charge is 0.323 e. The van der Waals surface area contributed by atoms with Crippen LogP contribution >= 0.6 is 0 Å². The van der Waals surface area contributed by atoms with Crippen molar-refractivity contribution in [2.45, 2.75) is 58.5 Å². The first-order valence-electron chi connectivity index (χ1n) is 7.33. The average molecular weight is 280 g/mol. The zero-order valence-electron chi connectivity index (χ0n) is 12.5. The van der Waals surface area contributed by atoms with E-state index in [1.807, 2.05) is 6.92 Å². The van der Waals surface area contributed by atoms with Crippen LogP contribution in [0.5, 0.6) is 6.01 Å². The Bertz CT molecular complexity index is 441. The van der Waals surface area contributed by atoms with E-state index in [1.165, 1.54) is 6.42 Å². The van der Waals surface area contributed by atoms with Crippen molar-refractivity contribution in [1.29, 1.82) is 0 Å². The van der Waals surface area contributed by atoms with Gasteiger partial charge in [0.2, 0.25) is 11.9 Å². The van der Waals surface area contributed by atoms with E-state index in [9.17, 15) is 0 Å². The standard InChI is InChI=1S/C13H24N6O/c1-4-8-20-13-16-11(18-14)15-12(17-13)19-9(3)6-7-10(19)5-2/h9-10H,4-8,14H2,1-3H3,(H,15,16,17,18). The molecule has 1 aliphatic heterocycles. The van der Waals surface area contributed by atoms with Crippen LogP contribution < -0.4 is 20.9 Å². The van der Waals surface area contributed by atoms with Crippen molar-refractivity contribution in [1.82, 2.24) is 15.0 Å². The summed E-state index contributed by atoms with van der Waals surface area (Å²) in [7, 11) is 0. The van der Waals surface area contributed by atoms with Crippen LogP contribution in [0, 0.1) is 0 Å². The second-order valence-electron chi connectivity index (χ2n) is 5.13. The molecular weight excluding hydrogens is 256 g/mol. The van der Waals surface area contributed by atoms with Gasteiger partial charge in [0, 0.05) is 12.1 Å². The summed E-state index contributed by atoms with van der Waals surface area (Å²) in [6.07, 6.45) is 4.30. The summed E-state index contributed by atoms with van der Waals surface area (Å²) in [6.45, 7) is 7.01. The number of hydrogen-bond acceptors (Lipinski definition) is 7. The van der Waals surface area contributed by atoms with E-state index < -0.39 is 0 Å². The summed E-state index contributed by atoms with van der Waals surface area (Å²) in [5, 5.41) is 0. The summed E-state index contributed by atoms with van der Waals surface area (Å²) in [5.41, 5.74) is 2.49. The maximum Gasteiger partial charge on any atom is 0.323 e. The Hall–Kier alpha value is -1.63. The SMILES string of the molecule is CCCOc1nc(NN)nc(N2C(C)CCC2CC)n1. The molecule has 1 saturated heterocycles. The zero-order chi connectivity index (χ0) is 14.5. The van der Waals surface area contributed by atoms with E-state index in [4.69, 9.17) is 10.6 Å². The van der Waals surface area contributed by atoms with Gasteiger partial charge in [0.15, 0.2) is 0 Å². The lowest BCUT2D eigenvalue weighted by atomic mass is 10.2. The second kappa shape index (κ2) is 6.69. The molecule has 2 unspecified atom stereocenters. The molecule has 3 N–H and O–H groups in total. The largest absolute Gasteiger partial charge is 0.463 e. The van der Waals surface area contributed by atoms with Crippen molar-refractivity contribution in [3.63, 3.8) is 0 Å². The molecule has 112 valence electrons. The Morgan fingerprint density at radius 2 is 2.10 bits per heavy atom. The van der Waals surface area contributed by atoms with E-state index >= 15 is 0 Å². The van der Waals surface area contributed by atoms with Crippen LogP contribution in [0.1, 0.15) is 46.5 Å². The summed E-state index contributed by atoms with van der Waals surface area (Å²) in [5.74, 6) is 6.43. The first kappa shape index (κ1) is 14.8. The summed E-state index contributed by atoms with van der Waals surface area (Å²) in [4.78, 5) is 15.2. The number of rotatable bonds is 6. The number of anilines is 2. The molecule has 20 heavy (non-hydrogen) atoms. The molecule has 0 aliphatic carbocycles. The van der Waals surface area contributed by atoms with Crippen LogP contribution in [-0.2, 0) is 0 Å². The van der Waals surface area contributed by atoms with E-state index in [-0.39, 0.29) is 0 Å². The van der Waals surface area contributed by atoms with Gasteiger partial charge in [-0.15, -0.1) is 0 Å². The molecule has 0 aromatic carbocycles. The fourth-order valence-electron chi connectivity index (χ4n) is 2.62. The molecule has 0 spiro atoms. The molecule has 2 atom stereocenters. The highest BCUT2D eigenvalue weighted by Gasteiger charge is 2.32. The number of hydrazine groups is 1. The number of ether oxygens (including phenoxy) is 1. The lowest BCUT2D eigenvalue weighted by Crippen LogP contribution is -2.36. The number of nitrogens with zero attached hydrogens (tertiary/aromatic N) is 4. The van der Waals surface area contributed by atoms with E-state index in [2.05, 4.69) is 39.1 Å². The fraction of sp³-hybridized carbons (Fsp3) is 0.769. The fourth-order valence-corrected chi connectivity index (χ4v) is 2.62. The highest BCUT2D eigenvalue weighted by Crippen LogP contribution is 2.30. The van der Waals surface area contributed by atoms with Gasteiger partial charge in [-0.05, 0) is 32.6 Å². The summed E-state index contributed by atoms with van der Waals surface area (Å²) >= 11 is 0. The highest BCUT2D eigenvalue weighted by atomic mass is 16.5. The maximum absolute atomic E-state index is 5.52. The minimum Gasteiger partial charge on any atom is -0.463 e. The quantitative estimate of drug-likeness (QED) is 0.605. The van der Waals surface area contributed by atoms with Gasteiger partial charge in [0.05, 0.1) is 6.61 Å². The first-order valence-corrected chi connectivity index (χ1v) is 7.33. The Morgan fingerprint density at radius 1 is 1.30 bits per heavy atom. The zero-order valence-corrected chi connectivity index (χ0v) is 12.5. The Morgan fingerprint density at radius 3 is 2.75 bits per heavy atom. The monoisotopic (exact) mass is 280 g/mol. The van der Waals surface area contributed by atoms with E-state index in [0.717, 1.165) is 19.3 Å². The molecule has 0 saturated carbocycles. The van der Waals surface area contributed by atoms with Crippen LogP contribution in [0.3, 0.4) is 0 Å². The van der Waals surface area contributed by atoms with Crippen molar-refractivity contribution >= 4 is 11.9 Å². The molecule has 1 aliphatic rings. The number of aromatic nitrogens is 3. The predicted molar refractivity (Wildman–Crippen MR) is 78.7 cm³/mol. The lowest BCUT2D eigenvalue weighted by Gasteiger charge is -2.28. The van der Waals surface area contributed by atoms with Crippen molar-refractivity contribution in [3.8, 4) is 6.01 Å². The van der Waals surface area contributed by atoms with Gasteiger partial charge in [0.25, 0.3) is 0 Å². The Balaban J connectivity index is 2.29. The molecule has 1 fully saturated rings. The van der Waals surface area contributed by atoms with Gasteiger partial charge in [-0.3, -0.25) is 5.43 Å². The van der Waals surface area contributed by atoms with Crippen LogP contribution in [0.15, 0.2) is 0 Å². The minimum atomic E-state index is 0.332. The molecule has 1 aromatic rings. The third-order valence-corrected chi connectivity index (χ3v) is 3.66. The van der Waals surface area contributed by atoms with E-state index in [1.54, 1.807) is 0 Å². The van der Waals surface area contributed by atoms with Gasteiger partial charge in [0.1, 0.15) is 0 Å². The van der Waals surface area contributed by atoms with Crippen LogP contribution in [0.25, 0.3) is 0 Å². The van der Waals surface area contributed by atoms with Crippen LogP contribution in [0.2, 0.25) is 0 Å². The third kappa shape index (κ3) is 3.09. The van der Waals surface area contributed by atoms with Gasteiger partial charge in [-0.25, -0.2) is 5.84 Å². The van der Waals surface area contributed by atoms with Gasteiger partial charge in [-0.2, -0.15) is 15.0 Å². The summed E-state index contributed by atoms with van der Waals surface area (Å²) in [6, 6.07) is 1.22. The molecule has 7 nitrogen and oxygen atoms in total.